The number of rotatable bonds is 2. The van der Waals surface area contributed by atoms with Crippen molar-refractivity contribution in [3.05, 3.63) is 35.9 Å². The van der Waals surface area contributed by atoms with E-state index in [1.807, 2.05) is 0 Å². The minimum Gasteiger partial charge on any atom is -0.449 e. The number of alkyl halides is 3. The van der Waals surface area contributed by atoms with Gasteiger partial charge in [-0.05, 0) is 12.5 Å². The van der Waals surface area contributed by atoms with Crippen molar-refractivity contribution in [3.63, 3.8) is 0 Å². The smallest absolute Gasteiger partial charge is 0.422 e. The first kappa shape index (κ1) is 22.7. The summed E-state index contributed by atoms with van der Waals surface area (Å²) in [5.74, 6) is -2.83. The Kier molecular flexibility index (Phi) is 6.60. The van der Waals surface area contributed by atoms with Gasteiger partial charge < -0.3 is 14.5 Å². The fourth-order valence-electron chi connectivity index (χ4n) is 3.20. The highest BCUT2D eigenvalue weighted by Crippen LogP contribution is 2.31. The molecule has 1 aliphatic heterocycles. The molecular weight excluding hydrogens is 389 g/mol. The van der Waals surface area contributed by atoms with Gasteiger partial charge in [-0.2, -0.15) is 13.2 Å². The van der Waals surface area contributed by atoms with Crippen LogP contribution in [0.2, 0.25) is 0 Å². The predicted octanol–water partition coefficient (Wildman–Crippen LogP) is 2.94. The van der Waals surface area contributed by atoms with Crippen LogP contribution in [-0.2, 0) is 19.1 Å². The first-order valence-electron chi connectivity index (χ1n) is 9.21. The molecule has 2 amide bonds. The SMILES string of the molecule is C[C@@H]1CN(C(=O)C(=O)OCC(F)(F)F)[C@@H](c2ccccc2)CN1C(=O)C(C)(C)C. The fraction of sp³-hybridized carbons (Fsp3) is 0.550. The fourth-order valence-corrected chi connectivity index (χ4v) is 3.20. The van der Waals surface area contributed by atoms with E-state index in [1.165, 1.54) is 4.90 Å². The Morgan fingerprint density at radius 3 is 2.14 bits per heavy atom. The van der Waals surface area contributed by atoms with Gasteiger partial charge in [-0.15, -0.1) is 0 Å². The van der Waals surface area contributed by atoms with Crippen LogP contribution in [0.3, 0.4) is 0 Å². The molecule has 1 aromatic carbocycles. The van der Waals surface area contributed by atoms with Crippen molar-refractivity contribution in [1.82, 2.24) is 9.80 Å². The second-order valence-corrected chi connectivity index (χ2v) is 8.13. The number of carbonyl (C=O) groups excluding carboxylic acids is 3. The van der Waals surface area contributed by atoms with Crippen LogP contribution in [0.4, 0.5) is 13.2 Å². The lowest BCUT2D eigenvalue weighted by Gasteiger charge is -2.46. The van der Waals surface area contributed by atoms with E-state index >= 15 is 0 Å². The van der Waals surface area contributed by atoms with Crippen molar-refractivity contribution in [2.24, 2.45) is 5.41 Å². The van der Waals surface area contributed by atoms with E-state index < -0.39 is 42.2 Å². The van der Waals surface area contributed by atoms with Crippen molar-refractivity contribution < 1.29 is 32.3 Å². The molecule has 1 saturated heterocycles. The summed E-state index contributed by atoms with van der Waals surface area (Å²) in [6, 6.07) is 7.65. The highest BCUT2D eigenvalue weighted by molar-refractivity contribution is 6.32. The molecule has 160 valence electrons. The second-order valence-electron chi connectivity index (χ2n) is 8.13. The number of amides is 2. The van der Waals surface area contributed by atoms with Crippen LogP contribution in [0.15, 0.2) is 30.3 Å². The van der Waals surface area contributed by atoms with E-state index in [2.05, 4.69) is 4.74 Å². The van der Waals surface area contributed by atoms with E-state index in [4.69, 9.17) is 0 Å². The molecule has 1 heterocycles. The number of piperazine rings is 1. The van der Waals surface area contributed by atoms with Gasteiger partial charge in [0.1, 0.15) is 0 Å². The summed E-state index contributed by atoms with van der Waals surface area (Å²) < 4.78 is 41.1. The van der Waals surface area contributed by atoms with Crippen molar-refractivity contribution in [2.75, 3.05) is 19.7 Å². The first-order valence-corrected chi connectivity index (χ1v) is 9.21. The number of hydrogen-bond donors (Lipinski definition) is 0. The van der Waals surface area contributed by atoms with Gasteiger partial charge in [0.05, 0.1) is 6.04 Å². The molecule has 2 atom stereocenters. The Bertz CT molecular complexity index is 759. The Balaban J connectivity index is 2.29. The number of carbonyl (C=O) groups is 3. The molecule has 1 aromatic rings. The van der Waals surface area contributed by atoms with E-state index in [9.17, 15) is 27.6 Å². The van der Waals surface area contributed by atoms with E-state index in [0.29, 0.717) is 5.56 Å². The molecule has 0 radical (unpaired) electrons. The Hall–Kier alpha value is -2.58. The summed E-state index contributed by atoms with van der Waals surface area (Å²) in [4.78, 5) is 40.2. The summed E-state index contributed by atoms with van der Waals surface area (Å²) in [5, 5.41) is 0. The summed E-state index contributed by atoms with van der Waals surface area (Å²) >= 11 is 0. The van der Waals surface area contributed by atoms with Gasteiger partial charge in [0.2, 0.25) is 5.91 Å². The van der Waals surface area contributed by atoms with Crippen molar-refractivity contribution >= 4 is 17.8 Å². The molecule has 0 aliphatic carbocycles. The Labute approximate surface area is 167 Å². The molecule has 1 fully saturated rings. The standard InChI is InChI=1S/C20H25F3N2O4/c1-13-10-25(16(26)17(27)29-12-20(21,22)23)15(14-8-6-5-7-9-14)11-24(13)18(28)19(2,3)4/h5-9,13,15H,10-12H2,1-4H3/t13-,15-/m1/s1. The maximum Gasteiger partial charge on any atom is 0.422 e. The van der Waals surface area contributed by atoms with Crippen molar-refractivity contribution in [1.29, 1.82) is 0 Å². The molecule has 0 spiro atoms. The third kappa shape index (κ3) is 5.71. The highest BCUT2D eigenvalue weighted by atomic mass is 19.4. The normalized spacial score (nSPS) is 20.4. The summed E-state index contributed by atoms with van der Waals surface area (Å²) in [5.41, 5.74) is 0.0240. The maximum atomic E-state index is 12.8. The minimum absolute atomic E-state index is 0.00132. The third-order valence-electron chi connectivity index (χ3n) is 4.63. The molecule has 0 bridgehead atoms. The van der Waals surface area contributed by atoms with Gasteiger partial charge in [-0.1, -0.05) is 51.1 Å². The number of ether oxygens (including phenoxy) is 1. The van der Waals surface area contributed by atoms with Gasteiger partial charge in [0.15, 0.2) is 6.61 Å². The van der Waals surface area contributed by atoms with E-state index in [1.54, 1.807) is 62.9 Å². The zero-order valence-electron chi connectivity index (χ0n) is 16.8. The van der Waals surface area contributed by atoms with Gasteiger partial charge in [-0.25, -0.2) is 4.79 Å². The largest absolute Gasteiger partial charge is 0.449 e. The van der Waals surface area contributed by atoms with Crippen molar-refractivity contribution in [2.45, 2.75) is 46.0 Å². The number of hydrogen-bond acceptors (Lipinski definition) is 4. The highest BCUT2D eigenvalue weighted by Gasteiger charge is 2.42. The van der Waals surface area contributed by atoms with E-state index in [0.717, 1.165) is 0 Å². The number of esters is 1. The van der Waals surface area contributed by atoms with Crippen LogP contribution in [-0.4, -0.2) is 59.5 Å². The summed E-state index contributed by atoms with van der Waals surface area (Å²) in [6.07, 6.45) is -4.72. The zero-order chi connectivity index (χ0) is 22.0. The Morgan fingerprint density at radius 2 is 1.62 bits per heavy atom. The average molecular weight is 414 g/mol. The van der Waals surface area contributed by atoms with Crippen LogP contribution in [0.1, 0.15) is 39.3 Å². The van der Waals surface area contributed by atoms with Crippen LogP contribution in [0.5, 0.6) is 0 Å². The van der Waals surface area contributed by atoms with Gasteiger partial charge in [0.25, 0.3) is 0 Å². The molecular formula is C20H25F3N2O4. The zero-order valence-corrected chi connectivity index (χ0v) is 16.8. The van der Waals surface area contributed by atoms with Crippen molar-refractivity contribution in [3.8, 4) is 0 Å². The lowest BCUT2D eigenvalue weighted by Crippen LogP contribution is -2.59. The van der Waals surface area contributed by atoms with Crippen LogP contribution < -0.4 is 0 Å². The molecule has 2 rings (SSSR count). The van der Waals surface area contributed by atoms with Crippen LogP contribution >= 0.6 is 0 Å². The lowest BCUT2D eigenvalue weighted by molar-refractivity contribution is -0.190. The minimum atomic E-state index is -4.72. The monoisotopic (exact) mass is 414 g/mol. The molecule has 0 N–H and O–H groups in total. The molecule has 6 nitrogen and oxygen atoms in total. The lowest BCUT2D eigenvalue weighted by atomic mass is 9.91. The van der Waals surface area contributed by atoms with E-state index in [-0.39, 0.29) is 19.0 Å². The molecule has 1 aliphatic rings. The average Bonchev–Trinajstić information content (AvgIpc) is 2.64. The summed E-state index contributed by atoms with van der Waals surface area (Å²) in [7, 11) is 0. The van der Waals surface area contributed by atoms with Crippen LogP contribution in [0.25, 0.3) is 0 Å². The molecule has 29 heavy (non-hydrogen) atoms. The first-order chi connectivity index (χ1) is 13.3. The predicted molar refractivity (Wildman–Crippen MR) is 98.5 cm³/mol. The van der Waals surface area contributed by atoms with Gasteiger partial charge in [0, 0.05) is 24.5 Å². The number of nitrogens with zero attached hydrogens (tertiary/aromatic N) is 2. The molecule has 9 heteroatoms. The topological polar surface area (TPSA) is 66.9 Å². The maximum absolute atomic E-state index is 12.8. The van der Waals surface area contributed by atoms with Crippen LogP contribution in [0, 0.1) is 5.41 Å². The quantitative estimate of drug-likeness (QED) is 0.551. The second kappa shape index (κ2) is 8.42. The summed E-state index contributed by atoms with van der Waals surface area (Å²) in [6.45, 7) is 5.38. The number of benzene rings is 1. The van der Waals surface area contributed by atoms with Gasteiger partial charge >= 0.3 is 18.1 Å². The molecule has 0 saturated carbocycles. The third-order valence-corrected chi connectivity index (χ3v) is 4.63. The molecule has 0 aromatic heterocycles. The number of halogens is 3. The van der Waals surface area contributed by atoms with Gasteiger partial charge in [-0.3, -0.25) is 9.59 Å². The Morgan fingerprint density at radius 1 is 1.03 bits per heavy atom. The molecule has 0 unspecified atom stereocenters.